The zero-order valence-electron chi connectivity index (χ0n) is 11.9. The van der Waals surface area contributed by atoms with Gasteiger partial charge >= 0.3 is 12.0 Å². The number of aliphatic carboxylic acids is 1. The van der Waals surface area contributed by atoms with E-state index in [9.17, 15) is 9.59 Å². The number of carboxylic acids is 1. The summed E-state index contributed by atoms with van der Waals surface area (Å²) >= 11 is 1.46. The van der Waals surface area contributed by atoms with E-state index in [4.69, 9.17) is 14.6 Å². The normalized spacial score (nSPS) is 18.3. The molecule has 0 saturated carbocycles. The van der Waals surface area contributed by atoms with Gasteiger partial charge in [-0.05, 0) is 6.42 Å². The van der Waals surface area contributed by atoms with Crippen LogP contribution < -0.4 is 0 Å². The molecule has 2 amide bonds. The van der Waals surface area contributed by atoms with Crippen LogP contribution in [-0.4, -0.2) is 85.1 Å². The van der Waals surface area contributed by atoms with E-state index < -0.39 is 12.0 Å². The molecule has 1 atom stereocenters. The van der Waals surface area contributed by atoms with Crippen molar-refractivity contribution in [2.24, 2.45) is 0 Å². The van der Waals surface area contributed by atoms with Gasteiger partial charge in [-0.2, -0.15) is 0 Å². The van der Waals surface area contributed by atoms with Crippen LogP contribution in [0.4, 0.5) is 4.79 Å². The minimum absolute atomic E-state index is 0.240. The maximum Gasteiger partial charge on any atom is 0.327 e. The highest BCUT2D eigenvalue weighted by Gasteiger charge is 2.36. The van der Waals surface area contributed by atoms with E-state index in [1.54, 1.807) is 19.1 Å². The van der Waals surface area contributed by atoms with Crippen molar-refractivity contribution >= 4 is 23.8 Å². The first-order valence-electron chi connectivity index (χ1n) is 6.45. The van der Waals surface area contributed by atoms with Crippen LogP contribution in [0.3, 0.4) is 0 Å². The Kier molecular flexibility index (Phi) is 7.71. The van der Waals surface area contributed by atoms with Crippen LogP contribution in [0.1, 0.15) is 6.42 Å². The minimum Gasteiger partial charge on any atom is -0.480 e. The fourth-order valence-corrected chi connectivity index (χ4v) is 3.06. The average molecular weight is 306 g/mol. The number of nitrogens with zero attached hydrogens (tertiary/aromatic N) is 2. The van der Waals surface area contributed by atoms with Gasteiger partial charge in [-0.15, -0.1) is 11.8 Å². The molecule has 0 unspecified atom stereocenters. The van der Waals surface area contributed by atoms with E-state index in [0.29, 0.717) is 44.4 Å². The van der Waals surface area contributed by atoms with Gasteiger partial charge in [0.05, 0.1) is 12.5 Å². The maximum atomic E-state index is 12.4. The third-order valence-corrected chi connectivity index (χ3v) is 4.04. The average Bonchev–Trinajstić information content (AvgIpc) is 2.91. The van der Waals surface area contributed by atoms with Crippen LogP contribution in [-0.2, 0) is 14.3 Å². The van der Waals surface area contributed by atoms with Crippen LogP contribution in [0.5, 0.6) is 0 Å². The van der Waals surface area contributed by atoms with Gasteiger partial charge in [0.1, 0.15) is 6.04 Å². The van der Waals surface area contributed by atoms with Crippen molar-refractivity contribution in [3.63, 3.8) is 0 Å². The minimum atomic E-state index is -0.952. The summed E-state index contributed by atoms with van der Waals surface area (Å²) in [4.78, 5) is 26.6. The van der Waals surface area contributed by atoms with E-state index >= 15 is 0 Å². The zero-order chi connectivity index (χ0) is 15.0. The molecule has 0 aliphatic carbocycles. The number of carbonyl (C=O) groups excluding carboxylic acids is 1. The summed E-state index contributed by atoms with van der Waals surface area (Å²) < 4.78 is 9.98. The Morgan fingerprint density at radius 3 is 2.60 bits per heavy atom. The Balaban J connectivity index is 2.62. The molecule has 0 aromatic carbocycles. The lowest BCUT2D eigenvalue weighted by atomic mass is 10.3. The van der Waals surface area contributed by atoms with E-state index in [0.717, 1.165) is 0 Å². The highest BCUT2D eigenvalue weighted by molar-refractivity contribution is 7.99. The summed E-state index contributed by atoms with van der Waals surface area (Å²) in [5, 5.41) is 9.13. The number of urea groups is 1. The van der Waals surface area contributed by atoms with Crippen LogP contribution in [0.2, 0.25) is 0 Å². The molecule has 1 fully saturated rings. The summed E-state index contributed by atoms with van der Waals surface area (Å²) in [6, 6.07) is -0.976. The molecule has 1 N–H and O–H groups in total. The van der Waals surface area contributed by atoms with Gasteiger partial charge in [0.25, 0.3) is 0 Å². The highest BCUT2D eigenvalue weighted by atomic mass is 32.2. The molecule has 1 rings (SSSR count). The number of rotatable bonds is 8. The first-order chi connectivity index (χ1) is 9.61. The smallest absolute Gasteiger partial charge is 0.327 e. The number of thioether (sulfide) groups is 1. The molecule has 0 spiro atoms. The Bertz CT molecular complexity index is 329. The van der Waals surface area contributed by atoms with Crippen LogP contribution in [0.25, 0.3) is 0 Å². The van der Waals surface area contributed by atoms with Gasteiger partial charge in [-0.3, -0.25) is 0 Å². The maximum absolute atomic E-state index is 12.4. The standard InChI is InChI=1S/C12H22N2O5S/c1-18-6-3-4-13(5-7-19-2)12(17)14-9-20-8-10(14)11(15)16/h10H,3-9H2,1-2H3,(H,15,16)/t10-/m0/s1. The second-order valence-electron chi connectivity index (χ2n) is 4.43. The van der Waals surface area contributed by atoms with Crippen molar-refractivity contribution in [1.29, 1.82) is 0 Å². The molecule has 7 nitrogen and oxygen atoms in total. The predicted molar refractivity (Wildman–Crippen MR) is 75.9 cm³/mol. The van der Waals surface area contributed by atoms with Gasteiger partial charge in [0.15, 0.2) is 0 Å². The van der Waals surface area contributed by atoms with E-state index in [-0.39, 0.29) is 6.03 Å². The first kappa shape index (κ1) is 17.1. The molecule has 0 aromatic rings. The Labute approximate surface area is 123 Å². The van der Waals surface area contributed by atoms with Gasteiger partial charge in [0.2, 0.25) is 0 Å². The molecule has 0 aromatic heterocycles. The third kappa shape index (κ3) is 4.84. The number of ether oxygens (including phenoxy) is 2. The molecule has 1 aliphatic rings. The fraction of sp³-hybridized carbons (Fsp3) is 0.833. The van der Waals surface area contributed by atoms with Crippen molar-refractivity contribution in [2.45, 2.75) is 12.5 Å². The lowest BCUT2D eigenvalue weighted by Gasteiger charge is -2.29. The quantitative estimate of drug-likeness (QED) is 0.660. The second kappa shape index (κ2) is 9.04. The first-order valence-corrected chi connectivity index (χ1v) is 7.61. The summed E-state index contributed by atoms with van der Waals surface area (Å²) in [6.07, 6.45) is 0.713. The van der Waals surface area contributed by atoms with Crippen molar-refractivity contribution < 1.29 is 24.2 Å². The Morgan fingerprint density at radius 2 is 2.00 bits per heavy atom. The predicted octanol–water partition coefficient (Wildman–Crippen LogP) is 0.551. The Morgan fingerprint density at radius 1 is 1.30 bits per heavy atom. The van der Waals surface area contributed by atoms with Crippen LogP contribution in [0, 0.1) is 0 Å². The van der Waals surface area contributed by atoms with Gasteiger partial charge in [-0.1, -0.05) is 0 Å². The SMILES string of the molecule is COCCCN(CCOC)C(=O)N1CSC[C@H]1C(=O)O. The second-order valence-corrected chi connectivity index (χ2v) is 5.43. The number of hydrogen-bond donors (Lipinski definition) is 1. The number of amides is 2. The molecule has 0 radical (unpaired) electrons. The van der Waals surface area contributed by atoms with Crippen molar-refractivity contribution in [3.05, 3.63) is 0 Å². The number of carbonyl (C=O) groups is 2. The summed E-state index contributed by atoms with van der Waals surface area (Å²) in [5.41, 5.74) is 0. The number of methoxy groups -OCH3 is 2. The largest absolute Gasteiger partial charge is 0.480 e. The van der Waals surface area contributed by atoms with E-state index in [1.165, 1.54) is 16.7 Å². The number of hydrogen-bond acceptors (Lipinski definition) is 5. The molecule has 0 bridgehead atoms. The zero-order valence-corrected chi connectivity index (χ0v) is 12.7. The number of carboxylic acid groups (broad SMARTS) is 1. The highest BCUT2D eigenvalue weighted by Crippen LogP contribution is 2.22. The van der Waals surface area contributed by atoms with Gasteiger partial charge in [0, 0.05) is 39.7 Å². The molecular formula is C12H22N2O5S. The molecule has 116 valence electrons. The molecular weight excluding hydrogens is 284 g/mol. The van der Waals surface area contributed by atoms with E-state index in [1.807, 2.05) is 0 Å². The summed E-state index contributed by atoms with van der Waals surface area (Å²) in [7, 11) is 3.18. The van der Waals surface area contributed by atoms with Gasteiger partial charge in [-0.25, -0.2) is 9.59 Å². The topological polar surface area (TPSA) is 79.3 Å². The molecule has 1 saturated heterocycles. The van der Waals surface area contributed by atoms with E-state index in [2.05, 4.69) is 0 Å². The third-order valence-electron chi connectivity index (χ3n) is 3.03. The lowest BCUT2D eigenvalue weighted by molar-refractivity contribution is -0.140. The Hall–Kier alpha value is -0.990. The molecule has 1 aliphatic heterocycles. The van der Waals surface area contributed by atoms with Crippen molar-refractivity contribution in [3.8, 4) is 0 Å². The summed E-state index contributed by atoms with van der Waals surface area (Å²) in [5.74, 6) is -0.0900. The van der Waals surface area contributed by atoms with Crippen LogP contribution in [0.15, 0.2) is 0 Å². The van der Waals surface area contributed by atoms with Gasteiger partial charge < -0.3 is 24.4 Å². The van der Waals surface area contributed by atoms with Crippen LogP contribution >= 0.6 is 11.8 Å². The summed E-state index contributed by atoms with van der Waals surface area (Å²) in [6.45, 7) is 1.97. The lowest BCUT2D eigenvalue weighted by Crippen LogP contribution is -2.49. The fourth-order valence-electron chi connectivity index (χ4n) is 1.92. The molecule has 1 heterocycles. The molecule has 8 heteroatoms. The monoisotopic (exact) mass is 306 g/mol. The van der Waals surface area contributed by atoms with Crippen molar-refractivity contribution in [1.82, 2.24) is 9.80 Å². The molecule has 20 heavy (non-hydrogen) atoms. The van der Waals surface area contributed by atoms with Crippen molar-refractivity contribution in [2.75, 3.05) is 52.2 Å².